The number of carboxylic acid groups (broad SMARTS) is 1. The van der Waals surface area contributed by atoms with Crippen LogP contribution in [-0.4, -0.2) is 42.2 Å². The maximum atomic E-state index is 11.0. The second kappa shape index (κ2) is 3.74. The normalized spacial score (nSPS) is 27.1. The van der Waals surface area contributed by atoms with E-state index in [0.717, 1.165) is 25.2 Å². The van der Waals surface area contributed by atoms with Crippen LogP contribution in [0.25, 0.3) is 0 Å². The number of likely N-dealkylation sites (tertiary alicyclic amines) is 1. The molecular formula is C13H16N2O2. The van der Waals surface area contributed by atoms with Gasteiger partial charge in [0.05, 0.1) is 5.56 Å². The molecule has 2 aliphatic heterocycles. The number of carboxylic acids is 1. The van der Waals surface area contributed by atoms with Crippen LogP contribution >= 0.6 is 0 Å². The molecule has 17 heavy (non-hydrogen) atoms. The van der Waals surface area contributed by atoms with Crippen molar-refractivity contribution in [3.8, 4) is 0 Å². The first kappa shape index (κ1) is 10.6. The van der Waals surface area contributed by atoms with Crippen LogP contribution in [0.5, 0.6) is 0 Å². The number of nitrogens with one attached hydrogen (secondary N) is 1. The Labute approximate surface area is 100 Å². The summed E-state index contributed by atoms with van der Waals surface area (Å²) in [5.41, 5.74) is 2.67. The summed E-state index contributed by atoms with van der Waals surface area (Å²) in [7, 11) is 2.12. The Balaban J connectivity index is 1.98. The molecule has 0 spiro atoms. The summed E-state index contributed by atoms with van der Waals surface area (Å²) in [5, 5.41) is 12.5. The summed E-state index contributed by atoms with van der Waals surface area (Å²) in [6, 6.07) is 5.88. The molecule has 1 aromatic rings. The van der Waals surface area contributed by atoms with Gasteiger partial charge in [-0.1, -0.05) is 0 Å². The van der Waals surface area contributed by atoms with Crippen molar-refractivity contribution < 1.29 is 9.90 Å². The summed E-state index contributed by atoms with van der Waals surface area (Å²) in [4.78, 5) is 13.3. The van der Waals surface area contributed by atoms with Crippen molar-refractivity contribution in [2.45, 2.75) is 18.4 Å². The van der Waals surface area contributed by atoms with Gasteiger partial charge in [0.15, 0.2) is 0 Å². The summed E-state index contributed by atoms with van der Waals surface area (Å²) in [6.45, 7) is 2.11. The molecular weight excluding hydrogens is 216 g/mol. The third kappa shape index (κ3) is 1.69. The molecule has 90 valence electrons. The number of carbonyl (C=O) groups is 1. The van der Waals surface area contributed by atoms with E-state index in [1.165, 1.54) is 5.56 Å². The molecule has 0 aliphatic carbocycles. The van der Waals surface area contributed by atoms with E-state index in [9.17, 15) is 4.79 Å². The van der Waals surface area contributed by atoms with Crippen LogP contribution in [0.1, 0.15) is 28.3 Å². The molecule has 2 atom stereocenters. The van der Waals surface area contributed by atoms with Gasteiger partial charge < -0.3 is 15.3 Å². The predicted molar refractivity (Wildman–Crippen MR) is 65.7 cm³/mol. The highest BCUT2D eigenvalue weighted by atomic mass is 16.4. The number of nitrogens with zero attached hydrogens (tertiary/aromatic N) is 1. The van der Waals surface area contributed by atoms with Gasteiger partial charge in [0, 0.05) is 24.2 Å². The van der Waals surface area contributed by atoms with Gasteiger partial charge in [-0.25, -0.2) is 4.79 Å². The number of anilines is 1. The molecule has 4 nitrogen and oxygen atoms in total. The van der Waals surface area contributed by atoms with E-state index in [0.29, 0.717) is 17.5 Å². The smallest absolute Gasteiger partial charge is 0.335 e. The highest BCUT2D eigenvalue weighted by molar-refractivity contribution is 5.89. The summed E-state index contributed by atoms with van der Waals surface area (Å²) in [5.74, 6) is -0.413. The predicted octanol–water partition coefficient (Wildman–Crippen LogP) is 1.60. The number of rotatable bonds is 1. The summed E-state index contributed by atoms with van der Waals surface area (Å²) in [6.07, 6.45) is 1.12. The highest BCUT2D eigenvalue weighted by Crippen LogP contribution is 2.40. The molecule has 2 unspecified atom stereocenters. The van der Waals surface area contributed by atoms with Gasteiger partial charge in [-0.2, -0.15) is 0 Å². The highest BCUT2D eigenvalue weighted by Gasteiger charge is 2.35. The van der Waals surface area contributed by atoms with Gasteiger partial charge in [-0.15, -0.1) is 0 Å². The number of likely N-dealkylation sites (N-methyl/N-ethyl adjacent to an activating group) is 1. The van der Waals surface area contributed by atoms with Crippen molar-refractivity contribution in [1.82, 2.24) is 4.90 Å². The Morgan fingerprint density at radius 1 is 1.53 bits per heavy atom. The topological polar surface area (TPSA) is 52.6 Å². The fraction of sp³-hybridized carbons (Fsp3) is 0.462. The monoisotopic (exact) mass is 232 g/mol. The summed E-state index contributed by atoms with van der Waals surface area (Å²) >= 11 is 0. The molecule has 0 saturated carbocycles. The van der Waals surface area contributed by atoms with Crippen LogP contribution < -0.4 is 5.32 Å². The van der Waals surface area contributed by atoms with Crippen molar-refractivity contribution in [2.24, 2.45) is 0 Å². The number of aromatic carboxylic acids is 1. The van der Waals surface area contributed by atoms with E-state index in [4.69, 9.17) is 5.11 Å². The van der Waals surface area contributed by atoms with Gasteiger partial charge >= 0.3 is 5.97 Å². The Morgan fingerprint density at radius 3 is 3.12 bits per heavy atom. The molecule has 0 amide bonds. The minimum Gasteiger partial charge on any atom is -0.478 e. The van der Waals surface area contributed by atoms with Gasteiger partial charge in [0.2, 0.25) is 0 Å². The zero-order valence-electron chi connectivity index (χ0n) is 9.81. The number of hydrogen-bond donors (Lipinski definition) is 2. The molecule has 2 aliphatic rings. The van der Waals surface area contributed by atoms with Gasteiger partial charge in [0.1, 0.15) is 0 Å². The quantitative estimate of drug-likeness (QED) is 0.772. The standard InChI is InChI=1S/C13H16N2O2/c1-15-5-4-12-10(7-15)9-6-8(13(16)17)2-3-11(9)14-12/h2-3,6,10,12,14H,4-5,7H2,1H3,(H,16,17). The minimum atomic E-state index is -0.847. The molecule has 0 radical (unpaired) electrons. The SMILES string of the molecule is CN1CCC2Nc3ccc(C(=O)O)cc3C2C1. The molecule has 1 fully saturated rings. The Kier molecular flexibility index (Phi) is 2.33. The Morgan fingerprint density at radius 2 is 2.35 bits per heavy atom. The second-order valence-electron chi connectivity index (χ2n) is 5.02. The fourth-order valence-corrected chi connectivity index (χ4v) is 2.94. The minimum absolute atomic E-state index is 0.388. The third-order valence-corrected chi connectivity index (χ3v) is 3.85. The Hall–Kier alpha value is -1.55. The van der Waals surface area contributed by atoms with Crippen molar-refractivity contribution >= 4 is 11.7 Å². The van der Waals surface area contributed by atoms with Gasteiger partial charge in [0.25, 0.3) is 0 Å². The molecule has 2 N–H and O–H groups in total. The first-order valence-corrected chi connectivity index (χ1v) is 5.97. The second-order valence-corrected chi connectivity index (χ2v) is 5.02. The maximum Gasteiger partial charge on any atom is 0.335 e. The third-order valence-electron chi connectivity index (χ3n) is 3.85. The molecule has 4 heteroatoms. The fourth-order valence-electron chi connectivity index (χ4n) is 2.94. The zero-order valence-corrected chi connectivity index (χ0v) is 9.81. The van der Waals surface area contributed by atoms with E-state index in [1.807, 2.05) is 12.1 Å². The van der Waals surface area contributed by atoms with Gasteiger partial charge in [-0.3, -0.25) is 0 Å². The lowest BCUT2D eigenvalue weighted by Gasteiger charge is -2.32. The lowest BCUT2D eigenvalue weighted by molar-refractivity contribution is 0.0696. The van der Waals surface area contributed by atoms with Crippen LogP contribution in [0.15, 0.2) is 18.2 Å². The average Bonchev–Trinajstić information content (AvgIpc) is 2.66. The first-order chi connectivity index (χ1) is 8.15. The van der Waals surface area contributed by atoms with Gasteiger partial charge in [-0.05, 0) is 43.8 Å². The van der Waals surface area contributed by atoms with E-state index in [-0.39, 0.29) is 0 Å². The molecule has 1 saturated heterocycles. The van der Waals surface area contributed by atoms with Crippen LogP contribution in [-0.2, 0) is 0 Å². The molecule has 1 aromatic carbocycles. The van der Waals surface area contributed by atoms with Crippen molar-refractivity contribution in [3.63, 3.8) is 0 Å². The number of piperidine rings is 1. The van der Waals surface area contributed by atoms with E-state index in [2.05, 4.69) is 17.3 Å². The zero-order chi connectivity index (χ0) is 12.0. The van der Waals surface area contributed by atoms with Crippen molar-refractivity contribution in [1.29, 1.82) is 0 Å². The average molecular weight is 232 g/mol. The lowest BCUT2D eigenvalue weighted by Crippen LogP contribution is -2.39. The molecule has 2 heterocycles. The maximum absolute atomic E-state index is 11.0. The van der Waals surface area contributed by atoms with E-state index >= 15 is 0 Å². The largest absolute Gasteiger partial charge is 0.478 e. The number of hydrogen-bond acceptors (Lipinski definition) is 3. The number of benzene rings is 1. The van der Waals surface area contributed by atoms with Crippen LogP contribution in [0.4, 0.5) is 5.69 Å². The molecule has 3 rings (SSSR count). The Bertz CT molecular complexity index is 472. The van der Waals surface area contributed by atoms with Crippen LogP contribution in [0.2, 0.25) is 0 Å². The van der Waals surface area contributed by atoms with E-state index < -0.39 is 5.97 Å². The van der Waals surface area contributed by atoms with Crippen LogP contribution in [0, 0.1) is 0 Å². The molecule has 0 bridgehead atoms. The van der Waals surface area contributed by atoms with Crippen LogP contribution in [0.3, 0.4) is 0 Å². The first-order valence-electron chi connectivity index (χ1n) is 5.97. The number of fused-ring (bicyclic) bond motifs is 3. The van der Waals surface area contributed by atoms with Crippen molar-refractivity contribution in [2.75, 3.05) is 25.5 Å². The summed E-state index contributed by atoms with van der Waals surface area (Å²) < 4.78 is 0. The van der Waals surface area contributed by atoms with E-state index in [1.54, 1.807) is 6.07 Å². The molecule has 0 aromatic heterocycles. The lowest BCUT2D eigenvalue weighted by atomic mass is 9.89. The van der Waals surface area contributed by atoms with Crippen molar-refractivity contribution in [3.05, 3.63) is 29.3 Å².